The van der Waals surface area contributed by atoms with Crippen LogP contribution in [0, 0.1) is 11.3 Å². The summed E-state index contributed by atoms with van der Waals surface area (Å²) in [5, 5.41) is 0. The molecule has 0 aromatic rings. The Morgan fingerprint density at radius 2 is 1.62 bits per heavy atom. The van der Waals surface area contributed by atoms with Crippen LogP contribution in [0.1, 0.15) is 67.7 Å². The van der Waals surface area contributed by atoms with E-state index in [-0.39, 0.29) is 0 Å². The van der Waals surface area contributed by atoms with Gasteiger partial charge in [0.2, 0.25) is 0 Å². The fourth-order valence-electron chi connectivity index (χ4n) is 3.14. The van der Waals surface area contributed by atoms with Crippen LogP contribution < -0.4 is 0 Å². The predicted octanol–water partition coefficient (Wildman–Crippen LogP) is 4.32. The van der Waals surface area contributed by atoms with E-state index in [9.17, 15) is 0 Å². The first-order valence-electron chi connectivity index (χ1n) is 6.97. The summed E-state index contributed by atoms with van der Waals surface area (Å²) < 4.78 is 0. The van der Waals surface area contributed by atoms with Gasteiger partial charge in [0.1, 0.15) is 0 Å². The molecule has 16 heavy (non-hydrogen) atoms. The fourth-order valence-corrected chi connectivity index (χ4v) is 3.14. The van der Waals surface area contributed by atoms with Gasteiger partial charge >= 0.3 is 0 Å². The molecule has 0 aliphatic carbocycles. The molecule has 0 amide bonds. The molecule has 0 saturated carbocycles. The minimum Gasteiger partial charge on any atom is -0.295 e. The van der Waals surface area contributed by atoms with Crippen LogP contribution in [-0.4, -0.2) is 23.0 Å². The van der Waals surface area contributed by atoms with Crippen LogP contribution in [0.15, 0.2) is 0 Å². The van der Waals surface area contributed by atoms with Crippen LogP contribution in [0.25, 0.3) is 0 Å². The van der Waals surface area contributed by atoms with Gasteiger partial charge in [-0.25, -0.2) is 0 Å². The van der Waals surface area contributed by atoms with Gasteiger partial charge in [-0.1, -0.05) is 33.6 Å². The Bertz CT molecular complexity index is 230. The van der Waals surface area contributed by atoms with E-state index in [1.807, 2.05) is 0 Å². The molecule has 1 fully saturated rings. The molecule has 1 aliphatic heterocycles. The Hall–Kier alpha value is -0.0400. The average Bonchev–Trinajstić information content (AvgIpc) is 2.13. The zero-order valence-corrected chi connectivity index (χ0v) is 12.4. The van der Waals surface area contributed by atoms with Crippen molar-refractivity contribution in [2.45, 2.75) is 79.3 Å². The van der Waals surface area contributed by atoms with E-state index in [4.69, 9.17) is 0 Å². The highest BCUT2D eigenvalue weighted by molar-refractivity contribution is 5.09. The maximum Gasteiger partial charge on any atom is 0.0221 e. The van der Waals surface area contributed by atoms with E-state index >= 15 is 0 Å². The van der Waals surface area contributed by atoms with Gasteiger partial charge < -0.3 is 0 Å². The van der Waals surface area contributed by atoms with Crippen LogP contribution in [0.2, 0.25) is 0 Å². The molecule has 1 heteroatoms. The van der Waals surface area contributed by atoms with Crippen molar-refractivity contribution < 1.29 is 0 Å². The first-order chi connectivity index (χ1) is 7.21. The summed E-state index contributed by atoms with van der Waals surface area (Å²) in [6.07, 6.45) is 4.16. The Labute approximate surface area is 103 Å². The molecule has 1 atom stereocenters. The molecule has 0 aromatic carbocycles. The SMILES string of the molecule is CC(C)CCCC1(C)CN(C(C)C)C1(C)C. The Morgan fingerprint density at radius 3 is 2.00 bits per heavy atom. The van der Waals surface area contributed by atoms with E-state index < -0.39 is 0 Å². The van der Waals surface area contributed by atoms with E-state index in [0.717, 1.165) is 5.92 Å². The third-order valence-corrected chi connectivity index (χ3v) is 4.85. The first kappa shape index (κ1) is 14.0. The largest absolute Gasteiger partial charge is 0.295 e. The lowest BCUT2D eigenvalue weighted by Crippen LogP contribution is -2.71. The first-order valence-corrected chi connectivity index (χ1v) is 6.97. The molecule has 96 valence electrons. The van der Waals surface area contributed by atoms with Crippen LogP contribution >= 0.6 is 0 Å². The second kappa shape index (κ2) is 4.68. The third kappa shape index (κ3) is 2.45. The molecular formula is C15H31N. The van der Waals surface area contributed by atoms with Crippen LogP contribution in [0.4, 0.5) is 0 Å². The summed E-state index contributed by atoms with van der Waals surface area (Å²) in [6.45, 7) is 17.9. The van der Waals surface area contributed by atoms with E-state index in [1.165, 1.54) is 25.8 Å². The molecule has 1 unspecified atom stereocenters. The highest BCUT2D eigenvalue weighted by atomic mass is 15.3. The number of nitrogens with zero attached hydrogens (tertiary/aromatic N) is 1. The molecular weight excluding hydrogens is 194 g/mol. The molecule has 1 rings (SSSR count). The predicted molar refractivity (Wildman–Crippen MR) is 72.7 cm³/mol. The number of rotatable bonds is 5. The summed E-state index contributed by atoms with van der Waals surface area (Å²) in [6, 6.07) is 0.688. The Kier molecular flexibility index (Phi) is 4.10. The lowest BCUT2D eigenvalue weighted by molar-refractivity contribution is -0.150. The topological polar surface area (TPSA) is 3.24 Å². The second-order valence-electron chi connectivity index (χ2n) is 7.13. The summed E-state index contributed by atoms with van der Waals surface area (Å²) in [5.74, 6) is 0.855. The standard InChI is InChI=1S/C15H31N/c1-12(2)9-8-10-15(7)11-16(13(3)4)14(15,5)6/h12-13H,8-11H2,1-7H3. The highest BCUT2D eigenvalue weighted by Gasteiger charge is 2.55. The monoisotopic (exact) mass is 225 g/mol. The van der Waals surface area contributed by atoms with Crippen molar-refractivity contribution in [1.82, 2.24) is 4.90 Å². The number of hydrogen-bond donors (Lipinski definition) is 0. The maximum absolute atomic E-state index is 2.64. The zero-order chi connectivity index (χ0) is 12.6. The quantitative estimate of drug-likeness (QED) is 0.673. The van der Waals surface area contributed by atoms with Crippen molar-refractivity contribution in [1.29, 1.82) is 0 Å². The number of hydrogen-bond acceptors (Lipinski definition) is 1. The van der Waals surface area contributed by atoms with E-state index in [0.29, 0.717) is 17.0 Å². The Balaban J connectivity index is 2.48. The van der Waals surface area contributed by atoms with Crippen molar-refractivity contribution >= 4 is 0 Å². The van der Waals surface area contributed by atoms with Crippen LogP contribution in [0.5, 0.6) is 0 Å². The highest BCUT2D eigenvalue weighted by Crippen LogP contribution is 2.50. The molecule has 1 saturated heterocycles. The fraction of sp³-hybridized carbons (Fsp3) is 1.00. The lowest BCUT2D eigenvalue weighted by Gasteiger charge is -2.65. The maximum atomic E-state index is 2.64. The van der Waals surface area contributed by atoms with Gasteiger partial charge in [0.25, 0.3) is 0 Å². The summed E-state index contributed by atoms with van der Waals surface area (Å²) in [5.41, 5.74) is 0.921. The minimum absolute atomic E-state index is 0.387. The molecule has 0 aromatic heterocycles. The van der Waals surface area contributed by atoms with Gasteiger partial charge in [-0.2, -0.15) is 0 Å². The zero-order valence-electron chi connectivity index (χ0n) is 12.4. The van der Waals surface area contributed by atoms with Crippen LogP contribution in [0.3, 0.4) is 0 Å². The average molecular weight is 225 g/mol. The summed E-state index contributed by atoms with van der Waals surface area (Å²) in [7, 11) is 0. The van der Waals surface area contributed by atoms with Crippen LogP contribution in [-0.2, 0) is 0 Å². The molecule has 0 bridgehead atoms. The van der Waals surface area contributed by atoms with Gasteiger partial charge in [0, 0.05) is 18.1 Å². The molecule has 1 heterocycles. The van der Waals surface area contributed by atoms with Gasteiger partial charge in [-0.15, -0.1) is 0 Å². The van der Waals surface area contributed by atoms with Crippen molar-refractivity contribution in [3.8, 4) is 0 Å². The van der Waals surface area contributed by atoms with Crippen molar-refractivity contribution in [3.63, 3.8) is 0 Å². The van der Waals surface area contributed by atoms with Gasteiger partial charge in [-0.3, -0.25) is 4.90 Å². The Morgan fingerprint density at radius 1 is 1.06 bits per heavy atom. The number of likely N-dealkylation sites (tertiary alicyclic amines) is 1. The van der Waals surface area contributed by atoms with Gasteiger partial charge in [0.15, 0.2) is 0 Å². The molecule has 1 aliphatic rings. The van der Waals surface area contributed by atoms with Crippen molar-refractivity contribution in [2.24, 2.45) is 11.3 Å². The van der Waals surface area contributed by atoms with Gasteiger partial charge in [0.05, 0.1) is 0 Å². The molecule has 0 N–H and O–H groups in total. The lowest BCUT2D eigenvalue weighted by atomic mass is 9.61. The second-order valence-corrected chi connectivity index (χ2v) is 7.13. The van der Waals surface area contributed by atoms with E-state index in [2.05, 4.69) is 53.4 Å². The van der Waals surface area contributed by atoms with Crippen molar-refractivity contribution in [3.05, 3.63) is 0 Å². The molecule has 0 radical (unpaired) electrons. The third-order valence-electron chi connectivity index (χ3n) is 4.85. The molecule has 0 spiro atoms. The summed E-state index contributed by atoms with van der Waals surface area (Å²) in [4.78, 5) is 2.64. The summed E-state index contributed by atoms with van der Waals surface area (Å²) >= 11 is 0. The van der Waals surface area contributed by atoms with Gasteiger partial charge in [-0.05, 0) is 45.4 Å². The van der Waals surface area contributed by atoms with Crippen molar-refractivity contribution in [2.75, 3.05) is 6.54 Å². The van der Waals surface area contributed by atoms with E-state index in [1.54, 1.807) is 0 Å². The minimum atomic E-state index is 0.387. The smallest absolute Gasteiger partial charge is 0.0221 e. The molecule has 1 nitrogen and oxygen atoms in total. The normalized spacial score (nSPS) is 29.8.